The number of aromatic nitrogens is 4. The van der Waals surface area contributed by atoms with Gasteiger partial charge in [0.15, 0.2) is 5.65 Å². The number of fused-ring (bicyclic) bond motifs is 3. The Morgan fingerprint density at radius 2 is 2.06 bits per heavy atom. The van der Waals surface area contributed by atoms with Crippen LogP contribution < -0.4 is 0 Å². The van der Waals surface area contributed by atoms with Gasteiger partial charge >= 0.3 is 0 Å². The van der Waals surface area contributed by atoms with Gasteiger partial charge in [0.25, 0.3) is 0 Å². The van der Waals surface area contributed by atoms with E-state index < -0.39 is 0 Å². The molecule has 3 aromatic rings. The van der Waals surface area contributed by atoms with Gasteiger partial charge in [0.2, 0.25) is 0 Å². The van der Waals surface area contributed by atoms with Crippen molar-refractivity contribution in [1.29, 1.82) is 0 Å². The Morgan fingerprint density at radius 1 is 1.24 bits per heavy atom. The molecule has 0 radical (unpaired) electrons. The quantitative estimate of drug-likeness (QED) is 0.672. The Labute approximate surface area is 98.0 Å². The zero-order valence-electron chi connectivity index (χ0n) is 9.71. The van der Waals surface area contributed by atoms with Crippen LogP contribution in [0.2, 0.25) is 0 Å². The van der Waals surface area contributed by atoms with Crippen LogP contribution in [0.1, 0.15) is 5.69 Å². The van der Waals surface area contributed by atoms with Crippen molar-refractivity contribution in [3.05, 3.63) is 30.0 Å². The number of methoxy groups -OCH3 is 1. The summed E-state index contributed by atoms with van der Waals surface area (Å²) in [7, 11) is 1.67. The van der Waals surface area contributed by atoms with E-state index in [1.165, 1.54) is 0 Å². The van der Waals surface area contributed by atoms with Gasteiger partial charge in [0, 0.05) is 12.5 Å². The summed E-state index contributed by atoms with van der Waals surface area (Å²) in [6.45, 7) is 2.41. The molecular weight excluding hydrogens is 216 g/mol. The fourth-order valence-electron chi connectivity index (χ4n) is 2.19. The van der Waals surface area contributed by atoms with Gasteiger partial charge in [-0.15, -0.1) is 10.2 Å². The lowest BCUT2D eigenvalue weighted by molar-refractivity contribution is 0.137. The lowest BCUT2D eigenvalue weighted by atomic mass is 10.2. The Balaban J connectivity index is 2.53. The average Bonchev–Trinajstić information content (AvgIpc) is 2.66. The zero-order valence-corrected chi connectivity index (χ0v) is 9.71. The van der Waals surface area contributed by atoms with Crippen LogP contribution in [0.15, 0.2) is 24.3 Å². The summed E-state index contributed by atoms with van der Waals surface area (Å²) in [5.74, 6) is 0. The smallest absolute Gasteiger partial charge is 0.169 e. The Bertz CT molecular complexity index is 689. The number of hydrogen-bond acceptors (Lipinski definition) is 4. The Kier molecular flexibility index (Phi) is 2.26. The van der Waals surface area contributed by atoms with Gasteiger partial charge in [-0.3, -0.25) is 4.57 Å². The van der Waals surface area contributed by atoms with Crippen LogP contribution in [0.3, 0.4) is 0 Å². The summed E-state index contributed by atoms with van der Waals surface area (Å²) >= 11 is 0. The zero-order chi connectivity index (χ0) is 11.8. The van der Waals surface area contributed by atoms with E-state index in [0.717, 1.165) is 27.6 Å². The third-order valence-corrected chi connectivity index (χ3v) is 2.90. The number of para-hydroxylation sites is 1. The topological polar surface area (TPSA) is 52.8 Å². The molecular formula is C12H12N4O. The third kappa shape index (κ3) is 1.39. The van der Waals surface area contributed by atoms with Gasteiger partial charge in [0.1, 0.15) is 6.73 Å². The second-order valence-corrected chi connectivity index (χ2v) is 3.94. The minimum absolute atomic E-state index is 0.460. The molecule has 5 heteroatoms. The first-order chi connectivity index (χ1) is 8.33. The molecule has 86 valence electrons. The summed E-state index contributed by atoms with van der Waals surface area (Å²) < 4.78 is 7.22. The van der Waals surface area contributed by atoms with Gasteiger partial charge in [-0.05, 0) is 18.2 Å². The summed E-state index contributed by atoms with van der Waals surface area (Å²) in [6, 6.07) is 8.14. The minimum Gasteiger partial charge on any atom is -0.364 e. The molecule has 5 nitrogen and oxygen atoms in total. The van der Waals surface area contributed by atoms with Crippen LogP contribution in [-0.4, -0.2) is 27.1 Å². The number of aryl methyl sites for hydroxylation is 1. The maximum atomic E-state index is 5.22. The third-order valence-electron chi connectivity index (χ3n) is 2.90. The fraction of sp³-hybridized carbons (Fsp3) is 0.250. The molecule has 2 heterocycles. The predicted molar refractivity (Wildman–Crippen MR) is 64.6 cm³/mol. The van der Waals surface area contributed by atoms with Crippen LogP contribution in [-0.2, 0) is 11.5 Å². The van der Waals surface area contributed by atoms with E-state index in [4.69, 9.17) is 4.74 Å². The van der Waals surface area contributed by atoms with Crippen molar-refractivity contribution in [3.63, 3.8) is 0 Å². The number of ether oxygens (including phenoxy) is 1. The second kappa shape index (κ2) is 3.78. The van der Waals surface area contributed by atoms with Crippen LogP contribution in [0.5, 0.6) is 0 Å². The largest absolute Gasteiger partial charge is 0.364 e. The van der Waals surface area contributed by atoms with Crippen LogP contribution in [0, 0.1) is 6.92 Å². The van der Waals surface area contributed by atoms with Crippen LogP contribution in [0.4, 0.5) is 0 Å². The molecule has 17 heavy (non-hydrogen) atoms. The molecule has 0 aliphatic rings. The van der Waals surface area contributed by atoms with Crippen molar-refractivity contribution in [2.45, 2.75) is 13.7 Å². The maximum Gasteiger partial charge on any atom is 0.169 e. The molecule has 0 spiro atoms. The van der Waals surface area contributed by atoms with E-state index in [9.17, 15) is 0 Å². The van der Waals surface area contributed by atoms with Gasteiger partial charge in [-0.1, -0.05) is 18.2 Å². The van der Waals surface area contributed by atoms with E-state index in [2.05, 4.69) is 27.5 Å². The van der Waals surface area contributed by atoms with Gasteiger partial charge < -0.3 is 4.74 Å². The number of benzene rings is 1. The van der Waals surface area contributed by atoms with E-state index >= 15 is 0 Å². The molecule has 0 aliphatic heterocycles. The number of hydrogen-bond donors (Lipinski definition) is 0. The van der Waals surface area contributed by atoms with Gasteiger partial charge in [-0.2, -0.15) is 0 Å². The SMILES string of the molecule is COCn1c2ccccc2c2c(C)nnnc21. The van der Waals surface area contributed by atoms with Crippen LogP contribution >= 0.6 is 0 Å². The first-order valence-corrected chi connectivity index (χ1v) is 5.38. The highest BCUT2D eigenvalue weighted by Crippen LogP contribution is 2.28. The van der Waals surface area contributed by atoms with E-state index in [1.807, 2.05) is 23.6 Å². The van der Waals surface area contributed by atoms with Crippen molar-refractivity contribution in [3.8, 4) is 0 Å². The summed E-state index contributed by atoms with van der Waals surface area (Å²) in [5.41, 5.74) is 2.80. The number of nitrogens with zero attached hydrogens (tertiary/aromatic N) is 4. The van der Waals surface area contributed by atoms with E-state index in [0.29, 0.717) is 6.73 Å². The fourth-order valence-corrected chi connectivity index (χ4v) is 2.19. The van der Waals surface area contributed by atoms with E-state index in [-0.39, 0.29) is 0 Å². The Hall–Kier alpha value is -2.01. The molecule has 0 saturated heterocycles. The highest BCUT2D eigenvalue weighted by Gasteiger charge is 2.13. The molecule has 0 unspecified atom stereocenters. The predicted octanol–water partition coefficient (Wildman–Crippen LogP) is 1.89. The first kappa shape index (κ1) is 10.2. The van der Waals surface area contributed by atoms with Crippen molar-refractivity contribution in [1.82, 2.24) is 20.0 Å². The molecule has 0 N–H and O–H groups in total. The molecule has 0 aliphatic carbocycles. The monoisotopic (exact) mass is 228 g/mol. The van der Waals surface area contributed by atoms with Crippen molar-refractivity contribution < 1.29 is 4.74 Å². The molecule has 3 rings (SSSR count). The maximum absolute atomic E-state index is 5.22. The van der Waals surface area contributed by atoms with Crippen LogP contribution in [0.25, 0.3) is 21.9 Å². The molecule has 0 bridgehead atoms. The van der Waals surface area contributed by atoms with Crippen molar-refractivity contribution in [2.75, 3.05) is 7.11 Å². The lowest BCUT2D eigenvalue weighted by Gasteiger charge is -2.03. The summed E-state index contributed by atoms with van der Waals surface area (Å²) in [4.78, 5) is 0. The minimum atomic E-state index is 0.460. The number of rotatable bonds is 2. The lowest BCUT2D eigenvalue weighted by Crippen LogP contribution is -2.02. The van der Waals surface area contributed by atoms with Gasteiger partial charge in [0.05, 0.1) is 16.6 Å². The van der Waals surface area contributed by atoms with Crippen molar-refractivity contribution in [2.24, 2.45) is 0 Å². The average molecular weight is 228 g/mol. The summed E-state index contributed by atoms with van der Waals surface area (Å²) in [5, 5.41) is 14.1. The molecule has 0 fully saturated rings. The second-order valence-electron chi connectivity index (χ2n) is 3.94. The van der Waals surface area contributed by atoms with Gasteiger partial charge in [-0.25, -0.2) is 0 Å². The Morgan fingerprint density at radius 3 is 2.88 bits per heavy atom. The molecule has 0 atom stereocenters. The van der Waals surface area contributed by atoms with E-state index in [1.54, 1.807) is 7.11 Å². The highest BCUT2D eigenvalue weighted by molar-refractivity contribution is 6.07. The molecule has 0 saturated carbocycles. The first-order valence-electron chi connectivity index (χ1n) is 5.38. The summed E-state index contributed by atoms with van der Waals surface area (Å²) in [6.07, 6.45) is 0. The molecule has 2 aromatic heterocycles. The van der Waals surface area contributed by atoms with Crippen molar-refractivity contribution >= 4 is 21.9 Å². The normalized spacial score (nSPS) is 11.4. The highest BCUT2D eigenvalue weighted by atomic mass is 16.5. The standard InChI is InChI=1S/C12H12N4O/c1-8-11-9-5-3-4-6-10(9)16(7-17-2)12(11)14-15-13-8/h3-6H,7H2,1-2H3. The molecule has 0 amide bonds. The molecule has 1 aromatic carbocycles.